The molecule has 3 N–H and O–H groups in total. The molecule has 94 valence electrons. The maximum Gasteiger partial charge on any atom is 0.252 e. The molecule has 2 aromatic rings. The molecule has 0 saturated heterocycles. The van der Waals surface area contributed by atoms with E-state index in [-0.39, 0.29) is 11.9 Å². The Labute approximate surface area is 110 Å². The van der Waals surface area contributed by atoms with E-state index in [2.05, 4.69) is 5.32 Å². The first-order valence-corrected chi connectivity index (χ1v) is 7.13. The summed E-state index contributed by atoms with van der Waals surface area (Å²) in [5.41, 5.74) is 6.74. The van der Waals surface area contributed by atoms with Gasteiger partial charge in [0.2, 0.25) is 0 Å². The molecule has 1 aliphatic rings. The lowest BCUT2D eigenvalue weighted by Gasteiger charge is -2.11. The third-order valence-electron chi connectivity index (χ3n) is 3.45. The van der Waals surface area contributed by atoms with Crippen LogP contribution >= 0.6 is 11.3 Å². The van der Waals surface area contributed by atoms with Crippen LogP contribution in [0.25, 0.3) is 10.1 Å². The summed E-state index contributed by atoms with van der Waals surface area (Å²) in [5, 5.41) is 5.89. The number of amides is 1. The third-order valence-corrected chi connectivity index (χ3v) is 4.41. The summed E-state index contributed by atoms with van der Waals surface area (Å²) in [7, 11) is 0. The van der Waals surface area contributed by atoms with Crippen LogP contribution in [0.4, 0.5) is 0 Å². The highest BCUT2D eigenvalue weighted by Crippen LogP contribution is 2.31. The number of benzene rings is 1. The van der Waals surface area contributed by atoms with Crippen molar-refractivity contribution in [3.05, 3.63) is 35.2 Å². The molecule has 1 heterocycles. The highest BCUT2D eigenvalue weighted by atomic mass is 32.1. The molecule has 1 aliphatic carbocycles. The Bertz CT molecular complexity index is 574. The van der Waals surface area contributed by atoms with Gasteiger partial charge in [-0.05, 0) is 24.8 Å². The first kappa shape index (κ1) is 11.7. The van der Waals surface area contributed by atoms with Crippen LogP contribution in [0.1, 0.15) is 23.2 Å². The fraction of sp³-hybridized carbons (Fsp3) is 0.357. The summed E-state index contributed by atoms with van der Waals surface area (Å²) in [4.78, 5) is 12.1. The molecule has 1 unspecified atom stereocenters. The van der Waals surface area contributed by atoms with Crippen molar-refractivity contribution < 1.29 is 4.79 Å². The van der Waals surface area contributed by atoms with Gasteiger partial charge in [-0.1, -0.05) is 18.2 Å². The quantitative estimate of drug-likeness (QED) is 0.886. The topological polar surface area (TPSA) is 55.1 Å². The van der Waals surface area contributed by atoms with Crippen LogP contribution in [0.2, 0.25) is 0 Å². The zero-order valence-corrected chi connectivity index (χ0v) is 10.9. The van der Waals surface area contributed by atoms with Crippen molar-refractivity contribution in [1.29, 1.82) is 0 Å². The van der Waals surface area contributed by atoms with E-state index in [1.807, 2.05) is 29.6 Å². The molecule has 1 atom stereocenters. The van der Waals surface area contributed by atoms with Gasteiger partial charge >= 0.3 is 0 Å². The largest absolute Gasteiger partial charge is 0.350 e. The lowest BCUT2D eigenvalue weighted by molar-refractivity contribution is 0.0952. The summed E-state index contributed by atoms with van der Waals surface area (Å²) in [6, 6.07) is 8.08. The standard InChI is InChI=1S/C14H16N2OS/c15-12(9-5-6-9)7-16-14(17)11-8-18-13-4-2-1-3-10(11)13/h1-4,8-9,12H,5-7,15H2,(H,16,17). The van der Waals surface area contributed by atoms with Gasteiger partial charge in [-0.25, -0.2) is 0 Å². The average Bonchev–Trinajstić information content (AvgIpc) is 3.15. The maximum atomic E-state index is 12.1. The third kappa shape index (κ3) is 2.26. The van der Waals surface area contributed by atoms with E-state index in [1.165, 1.54) is 12.8 Å². The van der Waals surface area contributed by atoms with Crippen molar-refractivity contribution in [3.63, 3.8) is 0 Å². The number of hydrogen-bond donors (Lipinski definition) is 2. The van der Waals surface area contributed by atoms with E-state index in [0.29, 0.717) is 12.5 Å². The minimum absolute atomic E-state index is 0.0106. The first-order valence-electron chi connectivity index (χ1n) is 6.25. The molecule has 0 aliphatic heterocycles. The second kappa shape index (κ2) is 4.71. The Kier molecular flexibility index (Phi) is 3.06. The van der Waals surface area contributed by atoms with Gasteiger partial charge < -0.3 is 11.1 Å². The molecule has 0 radical (unpaired) electrons. The van der Waals surface area contributed by atoms with Crippen molar-refractivity contribution in [2.45, 2.75) is 18.9 Å². The van der Waals surface area contributed by atoms with E-state index >= 15 is 0 Å². The van der Waals surface area contributed by atoms with Crippen LogP contribution in [-0.2, 0) is 0 Å². The minimum Gasteiger partial charge on any atom is -0.350 e. The van der Waals surface area contributed by atoms with Crippen LogP contribution in [0.5, 0.6) is 0 Å². The first-order chi connectivity index (χ1) is 8.75. The van der Waals surface area contributed by atoms with Crippen LogP contribution in [0.15, 0.2) is 29.6 Å². The molecular weight excluding hydrogens is 244 g/mol. The van der Waals surface area contributed by atoms with Gasteiger partial charge in [-0.15, -0.1) is 11.3 Å². The van der Waals surface area contributed by atoms with Gasteiger partial charge in [0.25, 0.3) is 5.91 Å². The molecule has 1 aromatic carbocycles. The summed E-state index contributed by atoms with van der Waals surface area (Å²) in [6.07, 6.45) is 2.41. The summed E-state index contributed by atoms with van der Waals surface area (Å²) >= 11 is 1.60. The molecule has 0 bridgehead atoms. The summed E-state index contributed by atoms with van der Waals surface area (Å²) in [5.74, 6) is 0.605. The number of nitrogens with one attached hydrogen (secondary N) is 1. The SMILES string of the molecule is NC(CNC(=O)c1csc2ccccc12)C1CC1. The second-order valence-electron chi connectivity index (χ2n) is 4.86. The van der Waals surface area contributed by atoms with Crippen molar-refractivity contribution in [3.8, 4) is 0 Å². The number of rotatable bonds is 4. The Morgan fingerprint density at radius 1 is 1.44 bits per heavy atom. The monoisotopic (exact) mass is 260 g/mol. The second-order valence-corrected chi connectivity index (χ2v) is 5.77. The van der Waals surface area contributed by atoms with Crippen LogP contribution < -0.4 is 11.1 Å². The Balaban J connectivity index is 1.71. The van der Waals surface area contributed by atoms with Gasteiger partial charge in [0.15, 0.2) is 0 Å². The molecule has 3 rings (SSSR count). The number of fused-ring (bicyclic) bond motifs is 1. The highest BCUT2D eigenvalue weighted by Gasteiger charge is 2.28. The van der Waals surface area contributed by atoms with Crippen molar-refractivity contribution in [1.82, 2.24) is 5.32 Å². The number of thiophene rings is 1. The number of carbonyl (C=O) groups excluding carboxylic acids is 1. The van der Waals surface area contributed by atoms with Crippen molar-refractivity contribution >= 4 is 27.3 Å². The van der Waals surface area contributed by atoms with E-state index in [1.54, 1.807) is 11.3 Å². The number of carbonyl (C=O) groups is 1. The smallest absolute Gasteiger partial charge is 0.252 e. The number of hydrogen-bond acceptors (Lipinski definition) is 3. The summed E-state index contributed by atoms with van der Waals surface area (Å²) in [6.45, 7) is 0.577. The average molecular weight is 260 g/mol. The van der Waals surface area contributed by atoms with Gasteiger partial charge in [-0.3, -0.25) is 4.79 Å². The Hall–Kier alpha value is -1.39. The minimum atomic E-state index is -0.0106. The van der Waals surface area contributed by atoms with Gasteiger partial charge in [0.1, 0.15) is 0 Å². The molecule has 1 saturated carbocycles. The zero-order chi connectivity index (χ0) is 12.5. The lowest BCUT2D eigenvalue weighted by atomic mass is 10.1. The maximum absolute atomic E-state index is 12.1. The normalized spacial score (nSPS) is 16.7. The van der Waals surface area contributed by atoms with Crippen LogP contribution in [-0.4, -0.2) is 18.5 Å². The zero-order valence-electron chi connectivity index (χ0n) is 10.1. The molecular formula is C14H16N2OS. The predicted molar refractivity (Wildman–Crippen MR) is 74.9 cm³/mol. The molecule has 0 spiro atoms. The van der Waals surface area contributed by atoms with Crippen molar-refractivity contribution in [2.24, 2.45) is 11.7 Å². The Morgan fingerprint density at radius 2 is 2.22 bits per heavy atom. The molecule has 1 fully saturated rings. The van der Waals surface area contributed by atoms with Crippen LogP contribution in [0.3, 0.4) is 0 Å². The fourth-order valence-corrected chi connectivity index (χ4v) is 3.09. The Morgan fingerprint density at radius 3 is 3.00 bits per heavy atom. The lowest BCUT2D eigenvalue weighted by Crippen LogP contribution is -2.38. The molecule has 1 amide bonds. The fourth-order valence-electron chi connectivity index (χ4n) is 2.15. The molecule has 1 aromatic heterocycles. The number of nitrogens with two attached hydrogens (primary N) is 1. The van der Waals surface area contributed by atoms with E-state index in [0.717, 1.165) is 15.6 Å². The molecule has 3 nitrogen and oxygen atoms in total. The van der Waals surface area contributed by atoms with Crippen molar-refractivity contribution in [2.75, 3.05) is 6.54 Å². The van der Waals surface area contributed by atoms with Crippen LogP contribution in [0, 0.1) is 5.92 Å². The van der Waals surface area contributed by atoms with E-state index in [9.17, 15) is 4.79 Å². The highest BCUT2D eigenvalue weighted by molar-refractivity contribution is 7.17. The predicted octanol–water partition coefficient (Wildman–Crippen LogP) is 2.37. The van der Waals surface area contributed by atoms with E-state index < -0.39 is 0 Å². The van der Waals surface area contributed by atoms with Gasteiger partial charge in [-0.2, -0.15) is 0 Å². The molecule has 4 heteroatoms. The van der Waals surface area contributed by atoms with Gasteiger partial charge in [0.05, 0.1) is 5.56 Å². The van der Waals surface area contributed by atoms with E-state index in [4.69, 9.17) is 5.73 Å². The molecule has 18 heavy (non-hydrogen) atoms. The van der Waals surface area contributed by atoms with Gasteiger partial charge in [0, 0.05) is 28.1 Å². The summed E-state index contributed by atoms with van der Waals surface area (Å²) < 4.78 is 1.15.